The number of rotatable bonds is 6. The monoisotopic (exact) mass is 459 g/mol. The van der Waals surface area contributed by atoms with Crippen LogP contribution in [0.3, 0.4) is 0 Å². The van der Waals surface area contributed by atoms with Gasteiger partial charge in [0.2, 0.25) is 0 Å². The summed E-state index contributed by atoms with van der Waals surface area (Å²) in [4.78, 5) is 38.5. The van der Waals surface area contributed by atoms with Crippen molar-refractivity contribution in [3.8, 4) is 5.75 Å². The number of hydrogen-bond donors (Lipinski definition) is 1. The number of likely N-dealkylation sites (N-methyl/N-ethyl adjacent to an activating group) is 1. The Hall–Kier alpha value is -3.52. The fraction of sp³-hybridized carbons (Fsp3) is 0.385. The number of likely N-dealkylation sites (tertiary alicyclic amines) is 1. The lowest BCUT2D eigenvalue weighted by atomic mass is 9.74. The number of nitrogens with one attached hydrogen (secondary N) is 1. The predicted octanol–water partition coefficient (Wildman–Crippen LogP) is 3.01. The van der Waals surface area contributed by atoms with Crippen LogP contribution in [0.15, 0.2) is 54.9 Å². The molecule has 3 aromatic rings. The Kier molecular flexibility index (Phi) is 5.91. The van der Waals surface area contributed by atoms with E-state index in [1.54, 1.807) is 26.6 Å². The molecular weight excluding hydrogens is 430 g/mol. The molecule has 1 atom stereocenters. The third-order valence-electron chi connectivity index (χ3n) is 7.20. The molecule has 2 saturated heterocycles. The highest BCUT2D eigenvalue weighted by Gasteiger charge is 2.54. The van der Waals surface area contributed by atoms with Gasteiger partial charge in [0.15, 0.2) is 0 Å². The Morgan fingerprint density at radius 3 is 2.59 bits per heavy atom. The maximum Gasteiger partial charge on any atom is 0.324 e. The van der Waals surface area contributed by atoms with Crippen LogP contribution in [0.1, 0.15) is 24.0 Å². The van der Waals surface area contributed by atoms with Crippen molar-refractivity contribution in [1.29, 1.82) is 0 Å². The maximum absolute atomic E-state index is 13.4. The topological polar surface area (TPSA) is 87.7 Å². The molecule has 1 aromatic heterocycles. The summed E-state index contributed by atoms with van der Waals surface area (Å²) in [6.07, 6.45) is 5.53. The van der Waals surface area contributed by atoms with E-state index >= 15 is 0 Å². The molecule has 8 heteroatoms. The number of hydrogen-bond acceptors (Lipinski definition) is 6. The van der Waals surface area contributed by atoms with Gasteiger partial charge in [-0.15, -0.1) is 0 Å². The first-order valence-electron chi connectivity index (χ1n) is 11.6. The van der Waals surface area contributed by atoms with Crippen LogP contribution in [-0.2, 0) is 17.8 Å². The van der Waals surface area contributed by atoms with Crippen molar-refractivity contribution >= 4 is 23.0 Å². The maximum atomic E-state index is 13.4. The zero-order valence-corrected chi connectivity index (χ0v) is 19.5. The molecule has 3 amide bonds. The second-order valence-corrected chi connectivity index (χ2v) is 9.19. The fourth-order valence-electron chi connectivity index (χ4n) is 5.37. The van der Waals surface area contributed by atoms with Crippen LogP contribution >= 0.6 is 0 Å². The summed E-state index contributed by atoms with van der Waals surface area (Å²) < 4.78 is 5.37. The molecule has 1 N–H and O–H groups in total. The molecule has 0 saturated carbocycles. The van der Waals surface area contributed by atoms with Crippen molar-refractivity contribution in [2.24, 2.45) is 5.92 Å². The molecule has 2 aliphatic rings. The minimum atomic E-state index is -0.935. The third kappa shape index (κ3) is 3.98. The van der Waals surface area contributed by atoms with Gasteiger partial charge in [0.1, 0.15) is 11.3 Å². The van der Waals surface area contributed by atoms with Gasteiger partial charge >= 0.3 is 6.03 Å². The number of carbonyl (C=O) groups excluding carboxylic acids is 2. The molecule has 2 aromatic carbocycles. The summed E-state index contributed by atoms with van der Waals surface area (Å²) in [5.74, 6) is 0.637. The molecule has 34 heavy (non-hydrogen) atoms. The minimum Gasteiger partial charge on any atom is -0.497 e. The van der Waals surface area contributed by atoms with E-state index in [1.807, 2.05) is 36.4 Å². The van der Waals surface area contributed by atoms with Gasteiger partial charge in [-0.25, -0.2) is 4.79 Å². The lowest BCUT2D eigenvalue weighted by Crippen LogP contribution is -2.57. The Bertz CT molecular complexity index is 1220. The molecule has 0 radical (unpaired) electrons. The van der Waals surface area contributed by atoms with Crippen LogP contribution in [0, 0.1) is 5.92 Å². The van der Waals surface area contributed by atoms with Crippen molar-refractivity contribution in [1.82, 2.24) is 25.1 Å². The highest BCUT2D eigenvalue weighted by atomic mass is 16.5. The first-order valence-corrected chi connectivity index (χ1v) is 11.6. The van der Waals surface area contributed by atoms with E-state index in [9.17, 15) is 9.59 Å². The summed E-state index contributed by atoms with van der Waals surface area (Å²) in [7, 11) is 3.18. The molecule has 3 heterocycles. The lowest BCUT2D eigenvalue weighted by molar-refractivity contribution is -0.133. The first-order chi connectivity index (χ1) is 16.5. The normalized spacial score (nSPS) is 21.8. The van der Waals surface area contributed by atoms with Crippen molar-refractivity contribution in [2.45, 2.75) is 31.3 Å². The SMILES string of the molecule is COc1cccc(CC2(C3CCN(Cc4cccc5nccnc45)CC3)NC(=O)N(C)C2=O)c1. The first kappa shape index (κ1) is 22.3. The number of imide groups is 1. The molecular formula is C26H29N5O3. The molecule has 0 spiro atoms. The van der Waals surface area contributed by atoms with Crippen LogP contribution in [0.2, 0.25) is 0 Å². The van der Waals surface area contributed by atoms with E-state index < -0.39 is 5.54 Å². The molecule has 1 unspecified atom stereocenters. The van der Waals surface area contributed by atoms with E-state index in [-0.39, 0.29) is 17.9 Å². The molecule has 8 nitrogen and oxygen atoms in total. The number of fused-ring (bicyclic) bond motifs is 1. The number of methoxy groups -OCH3 is 1. The van der Waals surface area contributed by atoms with Crippen LogP contribution in [0.4, 0.5) is 4.79 Å². The molecule has 0 bridgehead atoms. The zero-order valence-electron chi connectivity index (χ0n) is 19.5. The van der Waals surface area contributed by atoms with E-state index in [0.29, 0.717) is 6.42 Å². The van der Waals surface area contributed by atoms with Crippen molar-refractivity contribution in [3.63, 3.8) is 0 Å². The number of amides is 3. The minimum absolute atomic E-state index is 0.0451. The van der Waals surface area contributed by atoms with Crippen LogP contribution in [0.5, 0.6) is 5.75 Å². The number of benzene rings is 2. The smallest absolute Gasteiger partial charge is 0.324 e. The number of nitrogens with zero attached hydrogens (tertiary/aromatic N) is 4. The molecule has 2 fully saturated rings. The summed E-state index contributed by atoms with van der Waals surface area (Å²) >= 11 is 0. The Labute approximate surface area is 198 Å². The van der Waals surface area contributed by atoms with E-state index in [2.05, 4.69) is 26.3 Å². The second kappa shape index (κ2) is 9.02. The lowest BCUT2D eigenvalue weighted by Gasteiger charge is -2.41. The van der Waals surface area contributed by atoms with Crippen LogP contribution < -0.4 is 10.1 Å². The van der Waals surface area contributed by atoms with E-state index in [1.165, 1.54) is 4.90 Å². The Morgan fingerprint density at radius 1 is 1.09 bits per heavy atom. The van der Waals surface area contributed by atoms with Crippen molar-refractivity contribution in [3.05, 3.63) is 66.0 Å². The standard InChI is InChI=1S/C26H29N5O3/c1-30-24(32)26(29-25(30)33,16-18-5-3-7-21(15-18)34-2)20-9-13-31(14-10-20)17-19-6-4-8-22-23(19)28-12-11-27-22/h3-8,11-12,15,20H,9-10,13-14,16-17H2,1-2H3,(H,29,33). The summed E-state index contributed by atoms with van der Waals surface area (Å²) in [5.41, 5.74) is 3.02. The zero-order chi connectivity index (χ0) is 23.7. The average molecular weight is 460 g/mol. The van der Waals surface area contributed by atoms with Crippen molar-refractivity contribution < 1.29 is 14.3 Å². The molecule has 5 rings (SSSR count). The Morgan fingerprint density at radius 2 is 1.85 bits per heavy atom. The van der Waals surface area contributed by atoms with Crippen LogP contribution in [-0.4, -0.2) is 64.5 Å². The number of carbonyl (C=O) groups is 2. The van der Waals surface area contributed by atoms with Gasteiger partial charge < -0.3 is 10.1 Å². The van der Waals surface area contributed by atoms with Gasteiger partial charge in [0.25, 0.3) is 5.91 Å². The van der Waals surface area contributed by atoms with Gasteiger partial charge in [-0.2, -0.15) is 0 Å². The van der Waals surface area contributed by atoms with Gasteiger partial charge in [-0.3, -0.25) is 24.6 Å². The number of piperidine rings is 1. The number of urea groups is 1. The summed E-state index contributed by atoms with van der Waals surface area (Å²) in [5, 5.41) is 3.07. The molecule has 2 aliphatic heterocycles. The van der Waals surface area contributed by atoms with Gasteiger partial charge in [0.05, 0.1) is 18.1 Å². The average Bonchev–Trinajstić information content (AvgIpc) is 3.09. The number of ether oxygens (including phenoxy) is 1. The Balaban J connectivity index is 1.35. The fourth-order valence-corrected chi connectivity index (χ4v) is 5.37. The highest BCUT2D eigenvalue weighted by Crippen LogP contribution is 2.37. The number of para-hydroxylation sites is 1. The van der Waals surface area contributed by atoms with Gasteiger partial charge in [-0.1, -0.05) is 24.3 Å². The van der Waals surface area contributed by atoms with E-state index in [4.69, 9.17) is 4.74 Å². The molecule has 176 valence electrons. The highest BCUT2D eigenvalue weighted by molar-refractivity contribution is 6.07. The van der Waals surface area contributed by atoms with E-state index in [0.717, 1.165) is 60.4 Å². The van der Waals surface area contributed by atoms with Crippen molar-refractivity contribution in [2.75, 3.05) is 27.2 Å². The van der Waals surface area contributed by atoms with Gasteiger partial charge in [-0.05, 0) is 61.2 Å². The second-order valence-electron chi connectivity index (χ2n) is 9.19. The third-order valence-corrected chi connectivity index (χ3v) is 7.20. The summed E-state index contributed by atoms with van der Waals surface area (Å²) in [6.45, 7) is 2.47. The van der Waals surface area contributed by atoms with Crippen LogP contribution in [0.25, 0.3) is 11.0 Å². The molecule has 0 aliphatic carbocycles. The number of aromatic nitrogens is 2. The van der Waals surface area contributed by atoms with Gasteiger partial charge in [0, 0.05) is 32.4 Å². The largest absolute Gasteiger partial charge is 0.497 e. The summed E-state index contributed by atoms with van der Waals surface area (Å²) in [6, 6.07) is 13.5. The predicted molar refractivity (Wildman–Crippen MR) is 128 cm³/mol. The quantitative estimate of drug-likeness (QED) is 0.570.